The van der Waals surface area contributed by atoms with Crippen LogP contribution in [-0.2, 0) is 16.0 Å². The summed E-state index contributed by atoms with van der Waals surface area (Å²) in [5.41, 5.74) is -3.39. The maximum atomic E-state index is 11.5. The van der Waals surface area contributed by atoms with Crippen LogP contribution in [0.25, 0.3) is 0 Å². The first-order valence-corrected chi connectivity index (χ1v) is 5.26. The molecule has 1 amide bonds. The van der Waals surface area contributed by atoms with Crippen LogP contribution < -0.4 is 16.6 Å². The van der Waals surface area contributed by atoms with Crippen LogP contribution in [0.4, 0.5) is 0 Å². The SMILES string of the molecule is CC(O)(CNC(=O)Cc1cc(=O)[nH]c(=O)[nH]1)C(=O)O. The quantitative estimate of drug-likeness (QED) is 0.401. The number of H-pyrrole nitrogens is 2. The summed E-state index contributed by atoms with van der Waals surface area (Å²) in [6.07, 6.45) is -0.311. The fraction of sp³-hybridized carbons (Fsp3) is 0.400. The molecule has 0 aliphatic carbocycles. The number of carbonyl (C=O) groups excluding carboxylic acids is 1. The monoisotopic (exact) mass is 271 g/mol. The third-order valence-corrected chi connectivity index (χ3v) is 2.26. The van der Waals surface area contributed by atoms with Crippen LogP contribution >= 0.6 is 0 Å². The third kappa shape index (κ3) is 4.39. The normalized spacial score (nSPS) is 13.6. The lowest BCUT2D eigenvalue weighted by atomic mass is 10.1. The van der Waals surface area contributed by atoms with Gasteiger partial charge in [0, 0.05) is 11.8 Å². The summed E-state index contributed by atoms with van der Waals surface area (Å²) < 4.78 is 0. The van der Waals surface area contributed by atoms with Crippen molar-refractivity contribution >= 4 is 11.9 Å². The Labute approximate surface area is 106 Å². The molecular formula is C10H13N3O6. The van der Waals surface area contributed by atoms with Crippen LogP contribution in [0.2, 0.25) is 0 Å². The van der Waals surface area contributed by atoms with E-state index in [1.165, 1.54) is 0 Å². The van der Waals surface area contributed by atoms with E-state index in [-0.39, 0.29) is 12.1 Å². The average molecular weight is 271 g/mol. The summed E-state index contributed by atoms with van der Waals surface area (Å²) in [6.45, 7) is 0.541. The minimum absolute atomic E-state index is 0.0845. The molecule has 0 aliphatic rings. The number of carbonyl (C=O) groups is 2. The summed E-state index contributed by atoms with van der Waals surface area (Å²) in [5.74, 6) is -2.11. The van der Waals surface area contributed by atoms with Gasteiger partial charge in [0.25, 0.3) is 5.56 Å². The Morgan fingerprint density at radius 1 is 1.37 bits per heavy atom. The lowest BCUT2D eigenvalue weighted by molar-refractivity contribution is -0.156. The number of nitrogens with one attached hydrogen (secondary N) is 3. The van der Waals surface area contributed by atoms with Gasteiger partial charge in [-0.1, -0.05) is 0 Å². The van der Waals surface area contributed by atoms with Gasteiger partial charge in [-0.3, -0.25) is 14.6 Å². The lowest BCUT2D eigenvalue weighted by Gasteiger charge is -2.18. The first-order chi connectivity index (χ1) is 8.70. The minimum atomic E-state index is -2.09. The highest BCUT2D eigenvalue weighted by Gasteiger charge is 2.30. The van der Waals surface area contributed by atoms with Crippen molar-refractivity contribution < 1.29 is 19.8 Å². The minimum Gasteiger partial charge on any atom is -0.479 e. The van der Waals surface area contributed by atoms with Gasteiger partial charge in [0.2, 0.25) is 5.91 Å². The molecule has 0 radical (unpaired) electrons. The number of aromatic amines is 2. The molecule has 0 spiro atoms. The van der Waals surface area contributed by atoms with Crippen molar-refractivity contribution in [1.82, 2.24) is 15.3 Å². The highest BCUT2D eigenvalue weighted by atomic mass is 16.4. The number of aliphatic hydroxyl groups is 1. The van der Waals surface area contributed by atoms with E-state index in [4.69, 9.17) is 5.11 Å². The summed E-state index contributed by atoms with van der Waals surface area (Å²) >= 11 is 0. The number of carboxylic acids is 1. The van der Waals surface area contributed by atoms with Crippen LogP contribution in [0.1, 0.15) is 12.6 Å². The number of carboxylic acid groups (broad SMARTS) is 1. The fourth-order valence-corrected chi connectivity index (χ4v) is 1.20. The molecule has 1 heterocycles. The van der Waals surface area contributed by atoms with Crippen LogP contribution in [0.5, 0.6) is 0 Å². The molecular weight excluding hydrogens is 258 g/mol. The van der Waals surface area contributed by atoms with Gasteiger partial charge in [0.1, 0.15) is 0 Å². The lowest BCUT2D eigenvalue weighted by Crippen LogP contribution is -2.47. The Bertz CT molecular complexity index is 572. The van der Waals surface area contributed by atoms with Gasteiger partial charge in [-0.25, -0.2) is 9.59 Å². The van der Waals surface area contributed by atoms with Crippen LogP contribution in [-0.4, -0.2) is 44.2 Å². The predicted octanol–water partition coefficient (Wildman–Crippen LogP) is -2.44. The molecule has 5 N–H and O–H groups in total. The molecule has 0 aliphatic heterocycles. The molecule has 1 unspecified atom stereocenters. The van der Waals surface area contributed by atoms with Crippen molar-refractivity contribution in [1.29, 1.82) is 0 Å². The number of amides is 1. The van der Waals surface area contributed by atoms with Gasteiger partial charge in [-0.05, 0) is 6.92 Å². The van der Waals surface area contributed by atoms with Gasteiger partial charge >= 0.3 is 11.7 Å². The molecule has 9 nitrogen and oxygen atoms in total. The molecule has 104 valence electrons. The van der Waals surface area contributed by atoms with E-state index in [1.54, 1.807) is 0 Å². The van der Waals surface area contributed by atoms with Gasteiger partial charge in [0.15, 0.2) is 5.60 Å². The first kappa shape index (κ1) is 14.6. The van der Waals surface area contributed by atoms with E-state index in [0.29, 0.717) is 0 Å². The second-order valence-corrected chi connectivity index (χ2v) is 4.15. The molecule has 0 saturated carbocycles. The topological polar surface area (TPSA) is 152 Å². The van der Waals surface area contributed by atoms with E-state index in [0.717, 1.165) is 13.0 Å². The Hall–Kier alpha value is -2.42. The van der Waals surface area contributed by atoms with E-state index < -0.39 is 35.3 Å². The van der Waals surface area contributed by atoms with E-state index in [1.807, 2.05) is 4.98 Å². The van der Waals surface area contributed by atoms with Crippen molar-refractivity contribution in [3.8, 4) is 0 Å². The Balaban J connectivity index is 2.64. The van der Waals surface area contributed by atoms with Crippen molar-refractivity contribution in [2.24, 2.45) is 0 Å². The Morgan fingerprint density at radius 3 is 2.53 bits per heavy atom. The largest absolute Gasteiger partial charge is 0.479 e. The first-order valence-electron chi connectivity index (χ1n) is 5.26. The molecule has 0 aromatic carbocycles. The maximum absolute atomic E-state index is 11.5. The number of rotatable bonds is 5. The molecule has 0 fully saturated rings. The second-order valence-electron chi connectivity index (χ2n) is 4.15. The standard InChI is InChI=1S/C10H13N3O6/c1-10(19,8(16)17)4-11-6(14)2-5-3-7(15)13-9(18)12-5/h3,19H,2,4H2,1H3,(H,11,14)(H,16,17)(H2,12,13,15,18). The Kier molecular flexibility index (Phi) is 4.22. The molecule has 9 heteroatoms. The van der Waals surface area contributed by atoms with Crippen molar-refractivity contribution in [3.63, 3.8) is 0 Å². The van der Waals surface area contributed by atoms with Gasteiger partial charge in [-0.2, -0.15) is 0 Å². The van der Waals surface area contributed by atoms with Crippen molar-refractivity contribution in [2.45, 2.75) is 18.9 Å². The molecule has 1 atom stereocenters. The van der Waals surface area contributed by atoms with Crippen LogP contribution in [0.15, 0.2) is 15.7 Å². The fourth-order valence-electron chi connectivity index (χ4n) is 1.20. The second kappa shape index (κ2) is 5.48. The van der Waals surface area contributed by atoms with Crippen molar-refractivity contribution in [3.05, 3.63) is 32.6 Å². The number of aliphatic carboxylic acids is 1. The molecule has 0 saturated heterocycles. The zero-order valence-corrected chi connectivity index (χ0v) is 10.0. The highest BCUT2D eigenvalue weighted by Crippen LogP contribution is 2.00. The molecule has 0 bridgehead atoms. The molecule has 1 aromatic heterocycles. The van der Waals surface area contributed by atoms with Gasteiger partial charge in [0.05, 0.1) is 13.0 Å². The predicted molar refractivity (Wildman–Crippen MR) is 62.7 cm³/mol. The number of aromatic nitrogens is 2. The van der Waals surface area contributed by atoms with Gasteiger partial charge < -0.3 is 20.5 Å². The molecule has 1 aromatic rings. The highest BCUT2D eigenvalue weighted by molar-refractivity contribution is 5.81. The maximum Gasteiger partial charge on any atom is 0.337 e. The van der Waals surface area contributed by atoms with Crippen LogP contribution in [0.3, 0.4) is 0 Å². The van der Waals surface area contributed by atoms with E-state index >= 15 is 0 Å². The zero-order valence-electron chi connectivity index (χ0n) is 10.0. The van der Waals surface area contributed by atoms with Gasteiger partial charge in [-0.15, -0.1) is 0 Å². The zero-order chi connectivity index (χ0) is 14.6. The number of hydrogen-bond acceptors (Lipinski definition) is 5. The van der Waals surface area contributed by atoms with E-state index in [2.05, 4.69) is 10.3 Å². The summed E-state index contributed by atoms with van der Waals surface area (Å²) in [7, 11) is 0. The molecule has 1 rings (SSSR count). The molecule has 19 heavy (non-hydrogen) atoms. The third-order valence-electron chi connectivity index (χ3n) is 2.26. The smallest absolute Gasteiger partial charge is 0.337 e. The van der Waals surface area contributed by atoms with Crippen LogP contribution in [0, 0.1) is 0 Å². The Morgan fingerprint density at radius 2 is 2.00 bits per heavy atom. The average Bonchev–Trinajstić information content (AvgIpc) is 2.24. The summed E-state index contributed by atoms with van der Waals surface area (Å²) in [4.78, 5) is 48.1. The number of hydrogen-bond donors (Lipinski definition) is 5. The summed E-state index contributed by atoms with van der Waals surface area (Å²) in [6, 6.07) is 1.04. The van der Waals surface area contributed by atoms with E-state index in [9.17, 15) is 24.3 Å². The summed E-state index contributed by atoms with van der Waals surface area (Å²) in [5, 5.41) is 20.2. The van der Waals surface area contributed by atoms with Crippen molar-refractivity contribution in [2.75, 3.05) is 6.54 Å².